The molecule has 0 spiro atoms. The maximum Gasteiger partial charge on any atom is 0.230 e. The van der Waals surface area contributed by atoms with Crippen LogP contribution in [0.1, 0.15) is 39.4 Å². The number of hydrogen-bond donors (Lipinski definition) is 1. The van der Waals surface area contributed by atoms with Gasteiger partial charge in [0.2, 0.25) is 11.7 Å². The largest absolute Gasteiger partial charge is 0.493 e. The number of rotatable bonds is 9. The van der Waals surface area contributed by atoms with Crippen LogP contribution in [0.2, 0.25) is 0 Å². The van der Waals surface area contributed by atoms with Gasteiger partial charge in [-0.05, 0) is 26.2 Å². The Bertz CT molecular complexity index is 1270. The number of anilines is 2. The van der Waals surface area contributed by atoms with Crippen LogP contribution in [0, 0.1) is 5.92 Å². The predicted molar refractivity (Wildman–Crippen MR) is 131 cm³/mol. The van der Waals surface area contributed by atoms with E-state index in [9.17, 15) is 0 Å². The van der Waals surface area contributed by atoms with E-state index in [1.807, 2.05) is 33.8 Å². The van der Waals surface area contributed by atoms with Crippen molar-refractivity contribution in [3.8, 4) is 22.9 Å². The van der Waals surface area contributed by atoms with Crippen molar-refractivity contribution in [1.82, 2.24) is 29.3 Å². The fourth-order valence-corrected chi connectivity index (χ4v) is 3.82. The molecule has 0 saturated heterocycles. The molecular formula is C24H31N7O3. The van der Waals surface area contributed by atoms with Gasteiger partial charge in [0.1, 0.15) is 6.33 Å². The van der Waals surface area contributed by atoms with E-state index < -0.39 is 0 Å². The molecule has 4 rings (SSSR count). The second-order valence-electron chi connectivity index (χ2n) is 8.69. The quantitative estimate of drug-likeness (QED) is 0.384. The lowest BCUT2D eigenvalue weighted by molar-refractivity contribution is 0.324. The molecule has 34 heavy (non-hydrogen) atoms. The summed E-state index contributed by atoms with van der Waals surface area (Å²) in [6.45, 7) is 8.52. The van der Waals surface area contributed by atoms with Crippen molar-refractivity contribution in [2.45, 2.75) is 40.2 Å². The summed E-state index contributed by atoms with van der Waals surface area (Å²) in [5.41, 5.74) is 2.59. The van der Waals surface area contributed by atoms with Gasteiger partial charge in [-0.2, -0.15) is 10.1 Å². The maximum atomic E-state index is 5.47. The zero-order valence-corrected chi connectivity index (χ0v) is 20.7. The van der Waals surface area contributed by atoms with Crippen molar-refractivity contribution >= 4 is 22.8 Å². The van der Waals surface area contributed by atoms with E-state index in [1.54, 1.807) is 27.7 Å². The summed E-state index contributed by atoms with van der Waals surface area (Å²) >= 11 is 0. The number of aromatic nitrogens is 6. The molecule has 1 N–H and O–H groups in total. The molecule has 0 aliphatic rings. The minimum absolute atomic E-state index is 0.186. The van der Waals surface area contributed by atoms with Crippen molar-refractivity contribution in [2.75, 3.05) is 26.6 Å². The average molecular weight is 466 g/mol. The second-order valence-corrected chi connectivity index (χ2v) is 8.69. The minimum Gasteiger partial charge on any atom is -0.493 e. The lowest BCUT2D eigenvalue weighted by Gasteiger charge is -2.14. The molecular weight excluding hydrogens is 434 g/mol. The Morgan fingerprint density at radius 1 is 0.971 bits per heavy atom. The summed E-state index contributed by atoms with van der Waals surface area (Å²) in [7, 11) is 4.76. The van der Waals surface area contributed by atoms with Crippen LogP contribution >= 0.6 is 0 Å². The lowest BCUT2D eigenvalue weighted by Crippen LogP contribution is -2.08. The maximum absolute atomic E-state index is 5.47. The number of benzene rings is 1. The van der Waals surface area contributed by atoms with Gasteiger partial charge in [-0.3, -0.25) is 0 Å². The van der Waals surface area contributed by atoms with E-state index >= 15 is 0 Å². The zero-order chi connectivity index (χ0) is 24.4. The number of fused-ring (bicyclic) bond motifs is 1. The van der Waals surface area contributed by atoms with E-state index in [0.717, 1.165) is 28.8 Å². The highest BCUT2D eigenvalue weighted by molar-refractivity contribution is 5.79. The standard InChI is InChI=1S/C24H31N7O3/c1-14(2)8-18-17-11-26-31(15(3)4)23(17)29-24(27-18)28-21-12-30(13-25-21)16-9-19(32-5)22(34-7)20(10-16)33-6/h9-15H,8H2,1-7H3,(H,27,28,29). The van der Waals surface area contributed by atoms with Crippen molar-refractivity contribution in [2.24, 2.45) is 5.92 Å². The molecule has 0 aliphatic carbocycles. The van der Waals surface area contributed by atoms with Crippen LogP contribution in [0.3, 0.4) is 0 Å². The summed E-state index contributed by atoms with van der Waals surface area (Å²) in [5.74, 6) is 3.21. The molecule has 10 nitrogen and oxygen atoms in total. The molecule has 3 heterocycles. The second kappa shape index (κ2) is 9.58. The Morgan fingerprint density at radius 2 is 1.68 bits per heavy atom. The van der Waals surface area contributed by atoms with Crippen LogP contribution in [-0.4, -0.2) is 50.6 Å². The number of nitrogens with zero attached hydrogens (tertiary/aromatic N) is 6. The highest BCUT2D eigenvalue weighted by atomic mass is 16.5. The molecule has 10 heteroatoms. The molecule has 4 aromatic rings. The normalized spacial score (nSPS) is 11.4. The van der Waals surface area contributed by atoms with Gasteiger partial charge in [-0.1, -0.05) is 13.8 Å². The summed E-state index contributed by atoms with van der Waals surface area (Å²) in [4.78, 5) is 14.0. The van der Waals surface area contributed by atoms with Gasteiger partial charge in [-0.15, -0.1) is 0 Å². The van der Waals surface area contributed by atoms with Crippen molar-refractivity contribution in [3.63, 3.8) is 0 Å². The number of hydrogen-bond acceptors (Lipinski definition) is 8. The lowest BCUT2D eigenvalue weighted by atomic mass is 10.1. The van der Waals surface area contributed by atoms with E-state index in [0.29, 0.717) is 34.9 Å². The topological polar surface area (TPSA) is 101 Å². The predicted octanol–water partition coefficient (Wildman–Crippen LogP) is 4.56. The van der Waals surface area contributed by atoms with Crippen molar-refractivity contribution in [1.29, 1.82) is 0 Å². The van der Waals surface area contributed by atoms with Gasteiger partial charge in [0.25, 0.3) is 0 Å². The number of imidazole rings is 1. The van der Waals surface area contributed by atoms with Crippen molar-refractivity contribution in [3.05, 3.63) is 36.5 Å². The molecule has 0 unspecified atom stereocenters. The Kier molecular flexibility index (Phi) is 6.58. The van der Waals surface area contributed by atoms with Gasteiger partial charge < -0.3 is 24.1 Å². The van der Waals surface area contributed by atoms with Crippen LogP contribution in [0.5, 0.6) is 17.2 Å². The fourth-order valence-electron chi connectivity index (χ4n) is 3.82. The highest BCUT2D eigenvalue weighted by Gasteiger charge is 2.17. The van der Waals surface area contributed by atoms with Gasteiger partial charge in [0.15, 0.2) is 23.0 Å². The van der Waals surface area contributed by atoms with Crippen LogP contribution in [0.25, 0.3) is 16.7 Å². The molecule has 0 fully saturated rings. The first-order valence-electron chi connectivity index (χ1n) is 11.2. The third kappa shape index (κ3) is 4.48. The molecule has 0 atom stereocenters. The molecule has 0 saturated carbocycles. The van der Waals surface area contributed by atoms with Crippen LogP contribution in [0.15, 0.2) is 30.9 Å². The number of nitrogens with one attached hydrogen (secondary N) is 1. The summed E-state index contributed by atoms with van der Waals surface area (Å²) in [6, 6.07) is 3.90. The molecule has 0 bridgehead atoms. The molecule has 180 valence electrons. The summed E-state index contributed by atoms with van der Waals surface area (Å²) < 4.78 is 20.1. The fraction of sp³-hybridized carbons (Fsp3) is 0.417. The molecule has 0 radical (unpaired) electrons. The molecule has 0 amide bonds. The van der Waals surface area contributed by atoms with E-state index in [4.69, 9.17) is 24.2 Å². The van der Waals surface area contributed by atoms with Crippen LogP contribution < -0.4 is 19.5 Å². The van der Waals surface area contributed by atoms with E-state index in [1.165, 1.54) is 0 Å². The third-order valence-corrected chi connectivity index (χ3v) is 5.39. The van der Waals surface area contributed by atoms with E-state index in [-0.39, 0.29) is 6.04 Å². The SMILES string of the molecule is COc1cc(-n2cnc(Nc3nc(CC(C)C)c4cnn(C(C)C)c4n3)c2)cc(OC)c1OC. The van der Waals surface area contributed by atoms with Gasteiger partial charge in [0, 0.05) is 18.2 Å². The number of methoxy groups -OCH3 is 3. The first-order valence-corrected chi connectivity index (χ1v) is 11.2. The Labute approximate surface area is 198 Å². The van der Waals surface area contributed by atoms with Gasteiger partial charge >= 0.3 is 0 Å². The monoisotopic (exact) mass is 465 g/mol. The summed E-state index contributed by atoms with van der Waals surface area (Å²) in [6.07, 6.45) is 6.25. The van der Waals surface area contributed by atoms with Gasteiger partial charge in [0.05, 0.1) is 50.5 Å². The summed E-state index contributed by atoms with van der Waals surface area (Å²) in [5, 5.41) is 8.77. The first kappa shape index (κ1) is 23.3. The molecule has 0 aliphatic heterocycles. The van der Waals surface area contributed by atoms with E-state index in [2.05, 4.69) is 43.1 Å². The Balaban J connectivity index is 1.69. The average Bonchev–Trinajstić information content (AvgIpc) is 3.45. The zero-order valence-electron chi connectivity index (χ0n) is 20.7. The molecule has 1 aromatic carbocycles. The first-order chi connectivity index (χ1) is 16.3. The molecule has 3 aromatic heterocycles. The Hall–Kier alpha value is -3.82. The third-order valence-electron chi connectivity index (χ3n) is 5.39. The highest BCUT2D eigenvalue weighted by Crippen LogP contribution is 2.39. The van der Waals surface area contributed by atoms with Gasteiger partial charge in [-0.25, -0.2) is 14.6 Å². The van der Waals surface area contributed by atoms with Crippen LogP contribution in [0.4, 0.5) is 11.8 Å². The smallest absolute Gasteiger partial charge is 0.230 e. The minimum atomic E-state index is 0.186. The Morgan fingerprint density at radius 3 is 2.26 bits per heavy atom. The van der Waals surface area contributed by atoms with Crippen LogP contribution in [-0.2, 0) is 6.42 Å². The number of ether oxygens (including phenoxy) is 3. The van der Waals surface area contributed by atoms with Crippen molar-refractivity contribution < 1.29 is 14.2 Å².